The van der Waals surface area contributed by atoms with Crippen molar-refractivity contribution in [2.24, 2.45) is 0 Å². The number of aromatic nitrogens is 4. The summed E-state index contributed by atoms with van der Waals surface area (Å²) in [5.74, 6) is 1.47. The second-order valence-electron chi connectivity index (χ2n) is 8.82. The Hall–Kier alpha value is -3.34. The molecule has 0 amide bonds. The minimum atomic E-state index is -3.59. The van der Waals surface area contributed by atoms with Crippen molar-refractivity contribution in [2.45, 2.75) is 24.8 Å². The molecular weight excluding hydrogens is 480 g/mol. The normalized spacial score (nSPS) is 17.4. The Morgan fingerprint density at radius 2 is 1.86 bits per heavy atom. The predicted octanol–water partition coefficient (Wildman–Crippen LogP) is 4.21. The van der Waals surface area contributed by atoms with Gasteiger partial charge in [-0.1, -0.05) is 30.3 Å². The lowest BCUT2D eigenvalue weighted by Gasteiger charge is -2.39. The number of sulfonamides is 1. The first-order valence-electron chi connectivity index (χ1n) is 11.4. The molecule has 0 N–H and O–H groups in total. The number of piperazine rings is 1. The van der Waals surface area contributed by atoms with E-state index in [0.29, 0.717) is 24.5 Å². The third-order valence-electron chi connectivity index (χ3n) is 6.42. The number of para-hydroxylation sites is 1. The Balaban J connectivity index is 1.42. The molecule has 0 unspecified atom stereocenters. The van der Waals surface area contributed by atoms with E-state index in [1.165, 1.54) is 0 Å². The van der Waals surface area contributed by atoms with Crippen molar-refractivity contribution in [1.29, 1.82) is 0 Å². The van der Waals surface area contributed by atoms with E-state index in [0.717, 1.165) is 38.8 Å². The lowest BCUT2D eigenvalue weighted by atomic mass is 10.2. The van der Waals surface area contributed by atoms with Gasteiger partial charge in [0, 0.05) is 31.1 Å². The first kappa shape index (κ1) is 22.1. The average Bonchev–Trinajstić information content (AvgIpc) is 3.53. The van der Waals surface area contributed by atoms with Gasteiger partial charge in [-0.15, -0.1) is 21.5 Å². The van der Waals surface area contributed by atoms with Crippen molar-refractivity contribution < 1.29 is 8.42 Å². The Bertz CT molecular complexity index is 1650. The fourth-order valence-corrected chi connectivity index (χ4v) is 7.15. The van der Waals surface area contributed by atoms with Gasteiger partial charge in [-0.3, -0.25) is 0 Å². The molecule has 0 spiro atoms. The van der Waals surface area contributed by atoms with Gasteiger partial charge in [0.1, 0.15) is 0 Å². The molecular formula is C25H24N6O2S2. The fraction of sp³-hybridized carbons (Fsp3) is 0.240. The molecule has 10 heteroatoms. The molecule has 5 aromatic rings. The van der Waals surface area contributed by atoms with Gasteiger partial charge in [0.05, 0.1) is 15.3 Å². The summed E-state index contributed by atoms with van der Waals surface area (Å²) in [6.07, 6.45) is 0. The van der Waals surface area contributed by atoms with Crippen molar-refractivity contribution in [3.05, 3.63) is 71.6 Å². The topological polar surface area (TPSA) is 83.7 Å². The van der Waals surface area contributed by atoms with Crippen LogP contribution in [0.25, 0.3) is 27.3 Å². The SMILES string of the molecule is Cc1cccc(S(=O)(=O)N2CCN(c3nc4ccccc4c4nnc(-c5cccs5)n34)C[C@@H]2C)c1. The molecule has 6 rings (SSSR count). The van der Waals surface area contributed by atoms with Crippen LogP contribution in [0.15, 0.2) is 70.9 Å². The average molecular weight is 505 g/mol. The quantitative estimate of drug-likeness (QED) is 0.365. The monoisotopic (exact) mass is 504 g/mol. The number of anilines is 1. The van der Waals surface area contributed by atoms with Crippen LogP contribution in [-0.4, -0.2) is 58.0 Å². The zero-order valence-electron chi connectivity index (χ0n) is 19.4. The number of rotatable bonds is 4. The first-order chi connectivity index (χ1) is 16.9. The lowest BCUT2D eigenvalue weighted by molar-refractivity contribution is 0.304. The lowest BCUT2D eigenvalue weighted by Crippen LogP contribution is -2.54. The van der Waals surface area contributed by atoms with Gasteiger partial charge < -0.3 is 4.90 Å². The minimum absolute atomic E-state index is 0.237. The maximum absolute atomic E-state index is 13.4. The second-order valence-corrected chi connectivity index (χ2v) is 11.7. The van der Waals surface area contributed by atoms with Crippen molar-refractivity contribution in [3.63, 3.8) is 0 Å². The molecule has 1 aliphatic rings. The molecule has 3 aromatic heterocycles. The first-order valence-corrected chi connectivity index (χ1v) is 13.8. The zero-order valence-corrected chi connectivity index (χ0v) is 21.0. The van der Waals surface area contributed by atoms with Crippen LogP contribution >= 0.6 is 11.3 Å². The van der Waals surface area contributed by atoms with Gasteiger partial charge in [0.15, 0.2) is 11.5 Å². The summed E-state index contributed by atoms with van der Waals surface area (Å²) in [5, 5.41) is 12.0. The van der Waals surface area contributed by atoms with E-state index in [2.05, 4.69) is 15.1 Å². The van der Waals surface area contributed by atoms with E-state index in [4.69, 9.17) is 4.98 Å². The van der Waals surface area contributed by atoms with Crippen LogP contribution in [-0.2, 0) is 10.0 Å². The fourth-order valence-electron chi connectivity index (χ4n) is 4.73. The number of fused-ring (bicyclic) bond motifs is 3. The number of nitrogens with zero attached hydrogens (tertiary/aromatic N) is 6. The number of thiophene rings is 1. The molecule has 1 aliphatic heterocycles. The number of benzene rings is 2. The van der Waals surface area contributed by atoms with Crippen LogP contribution in [0.5, 0.6) is 0 Å². The Morgan fingerprint density at radius 1 is 1.00 bits per heavy atom. The van der Waals surface area contributed by atoms with Gasteiger partial charge in [-0.2, -0.15) is 4.31 Å². The molecule has 1 fully saturated rings. The summed E-state index contributed by atoms with van der Waals surface area (Å²) in [7, 11) is -3.59. The number of hydrogen-bond donors (Lipinski definition) is 0. The van der Waals surface area contributed by atoms with Gasteiger partial charge in [0.25, 0.3) is 0 Å². The van der Waals surface area contributed by atoms with E-state index < -0.39 is 10.0 Å². The smallest absolute Gasteiger partial charge is 0.243 e. The molecule has 0 saturated carbocycles. The van der Waals surface area contributed by atoms with Crippen LogP contribution in [0.2, 0.25) is 0 Å². The summed E-state index contributed by atoms with van der Waals surface area (Å²) >= 11 is 1.60. The molecule has 8 nitrogen and oxygen atoms in total. The highest BCUT2D eigenvalue weighted by Crippen LogP contribution is 2.32. The van der Waals surface area contributed by atoms with Crippen molar-refractivity contribution in [1.82, 2.24) is 23.9 Å². The summed E-state index contributed by atoms with van der Waals surface area (Å²) in [6, 6.07) is 18.8. The van der Waals surface area contributed by atoms with Crippen molar-refractivity contribution in [3.8, 4) is 10.7 Å². The van der Waals surface area contributed by atoms with E-state index in [9.17, 15) is 8.42 Å². The van der Waals surface area contributed by atoms with Gasteiger partial charge in [-0.05, 0) is 55.1 Å². The number of hydrogen-bond acceptors (Lipinski definition) is 7. The molecule has 1 atom stereocenters. The summed E-state index contributed by atoms with van der Waals surface area (Å²) < 4.78 is 30.4. The molecule has 0 radical (unpaired) electrons. The van der Waals surface area contributed by atoms with Gasteiger partial charge in [0.2, 0.25) is 16.0 Å². The number of aryl methyl sites for hydroxylation is 1. The highest BCUT2D eigenvalue weighted by Gasteiger charge is 2.35. The van der Waals surface area contributed by atoms with E-state index in [1.54, 1.807) is 33.8 Å². The van der Waals surface area contributed by atoms with Crippen LogP contribution < -0.4 is 4.90 Å². The highest BCUT2D eigenvalue weighted by atomic mass is 32.2. The van der Waals surface area contributed by atoms with E-state index >= 15 is 0 Å². The molecule has 1 saturated heterocycles. The maximum atomic E-state index is 13.4. The van der Waals surface area contributed by atoms with E-state index in [1.807, 2.05) is 66.1 Å². The van der Waals surface area contributed by atoms with Crippen LogP contribution in [0.4, 0.5) is 5.95 Å². The van der Waals surface area contributed by atoms with Crippen LogP contribution in [0.1, 0.15) is 12.5 Å². The van der Waals surface area contributed by atoms with Gasteiger partial charge >= 0.3 is 0 Å². The highest BCUT2D eigenvalue weighted by molar-refractivity contribution is 7.89. The molecule has 2 aromatic carbocycles. The zero-order chi connectivity index (χ0) is 24.2. The van der Waals surface area contributed by atoms with Crippen molar-refractivity contribution in [2.75, 3.05) is 24.5 Å². The van der Waals surface area contributed by atoms with Crippen molar-refractivity contribution >= 4 is 43.9 Å². The third-order valence-corrected chi connectivity index (χ3v) is 9.29. The molecule has 35 heavy (non-hydrogen) atoms. The van der Waals surface area contributed by atoms with Crippen LogP contribution in [0.3, 0.4) is 0 Å². The third kappa shape index (κ3) is 3.69. The molecule has 4 heterocycles. The Kier molecular flexibility index (Phi) is 5.32. The van der Waals surface area contributed by atoms with Gasteiger partial charge in [-0.25, -0.2) is 17.8 Å². The minimum Gasteiger partial charge on any atom is -0.339 e. The second kappa shape index (κ2) is 8.40. The Labute approximate surface area is 207 Å². The van der Waals surface area contributed by atoms with Crippen LogP contribution in [0, 0.1) is 6.92 Å². The summed E-state index contributed by atoms with van der Waals surface area (Å²) in [4.78, 5) is 8.49. The summed E-state index contributed by atoms with van der Waals surface area (Å²) in [6.45, 7) is 5.24. The molecule has 0 aliphatic carbocycles. The largest absolute Gasteiger partial charge is 0.339 e. The Morgan fingerprint density at radius 3 is 2.63 bits per heavy atom. The predicted molar refractivity (Wildman–Crippen MR) is 138 cm³/mol. The standard InChI is InChI=1S/C25H24N6O2S2/c1-17-7-5-8-19(15-17)35(32,33)30-13-12-29(16-18(30)2)25-26-21-10-4-3-9-20(21)23-27-28-24(31(23)25)22-11-6-14-34-22/h3-11,14-15,18H,12-13,16H2,1-2H3/t18-/m0/s1. The summed E-state index contributed by atoms with van der Waals surface area (Å²) in [5.41, 5.74) is 2.51. The molecule has 0 bridgehead atoms. The molecule has 178 valence electrons. The maximum Gasteiger partial charge on any atom is 0.243 e. The van der Waals surface area contributed by atoms with E-state index in [-0.39, 0.29) is 6.04 Å².